The number of para-hydroxylation sites is 1. The van der Waals surface area contributed by atoms with Crippen molar-refractivity contribution in [2.45, 2.75) is 26.4 Å². The molecular formula is C22H20N4O2. The van der Waals surface area contributed by atoms with Gasteiger partial charge in [0.1, 0.15) is 18.3 Å². The van der Waals surface area contributed by atoms with Crippen molar-refractivity contribution in [3.05, 3.63) is 76.5 Å². The van der Waals surface area contributed by atoms with Gasteiger partial charge in [0.05, 0.1) is 6.07 Å². The second-order valence-electron chi connectivity index (χ2n) is 6.93. The van der Waals surface area contributed by atoms with E-state index in [1.165, 1.54) is 5.56 Å². The molecule has 0 saturated heterocycles. The van der Waals surface area contributed by atoms with Crippen molar-refractivity contribution in [1.82, 2.24) is 10.2 Å². The van der Waals surface area contributed by atoms with Crippen molar-refractivity contribution in [3.63, 3.8) is 0 Å². The van der Waals surface area contributed by atoms with Gasteiger partial charge in [0.2, 0.25) is 11.8 Å². The highest BCUT2D eigenvalue weighted by molar-refractivity contribution is 5.85. The molecule has 6 nitrogen and oxygen atoms in total. The molecule has 0 aliphatic carbocycles. The first kappa shape index (κ1) is 17.8. The maximum atomic E-state index is 9.73. The summed E-state index contributed by atoms with van der Waals surface area (Å²) in [4.78, 5) is 0. The van der Waals surface area contributed by atoms with Gasteiger partial charge < -0.3 is 9.47 Å². The number of hydrogen-bond donors (Lipinski definition) is 2. The lowest BCUT2D eigenvalue weighted by Gasteiger charge is -2.29. The summed E-state index contributed by atoms with van der Waals surface area (Å²) in [5.41, 5.74) is 4.73. The first-order valence-corrected chi connectivity index (χ1v) is 9.06. The number of aromatic amines is 1. The Kier molecular flexibility index (Phi) is 4.58. The molecule has 0 fully saturated rings. The lowest BCUT2D eigenvalue weighted by molar-refractivity contribution is 0.300. The van der Waals surface area contributed by atoms with Crippen LogP contribution in [0.2, 0.25) is 0 Å². The quantitative estimate of drug-likeness (QED) is 0.716. The van der Waals surface area contributed by atoms with Gasteiger partial charge in [-0.1, -0.05) is 48.0 Å². The second-order valence-corrected chi connectivity index (χ2v) is 6.93. The average Bonchev–Trinajstić information content (AvgIpc) is 3.07. The molecule has 140 valence electrons. The van der Waals surface area contributed by atoms with Gasteiger partial charge in [-0.15, -0.1) is 5.10 Å². The number of nitrogens with one attached hydrogen (secondary N) is 2. The zero-order valence-electron chi connectivity index (χ0n) is 15.7. The van der Waals surface area contributed by atoms with Gasteiger partial charge in [0.25, 0.3) is 0 Å². The second kappa shape index (κ2) is 7.20. The molecule has 2 aromatic carbocycles. The van der Waals surface area contributed by atoms with Crippen LogP contribution in [0.5, 0.6) is 11.6 Å². The SMILES string of the molecule is Cc1ccc(COc2ccccc2C2c3c(n[nH]c3C)OC(=N)C2C#N)cc1. The first-order valence-electron chi connectivity index (χ1n) is 9.06. The molecule has 2 atom stereocenters. The number of benzene rings is 2. The van der Waals surface area contributed by atoms with Crippen LogP contribution >= 0.6 is 0 Å². The fourth-order valence-corrected chi connectivity index (χ4v) is 3.53. The van der Waals surface area contributed by atoms with Crippen molar-refractivity contribution >= 4 is 5.90 Å². The minimum absolute atomic E-state index is 0.0974. The molecule has 0 amide bonds. The number of nitrogens with zero attached hydrogens (tertiary/aromatic N) is 2. The van der Waals surface area contributed by atoms with Crippen LogP contribution in [0, 0.1) is 36.5 Å². The van der Waals surface area contributed by atoms with Crippen molar-refractivity contribution in [3.8, 4) is 17.7 Å². The number of aryl methyl sites for hydroxylation is 2. The summed E-state index contributed by atoms with van der Waals surface area (Å²) in [7, 11) is 0. The van der Waals surface area contributed by atoms with Crippen LogP contribution in [-0.4, -0.2) is 16.1 Å². The average molecular weight is 372 g/mol. The van der Waals surface area contributed by atoms with Crippen molar-refractivity contribution in [2.24, 2.45) is 5.92 Å². The van der Waals surface area contributed by atoms with Gasteiger partial charge in [-0.3, -0.25) is 10.5 Å². The molecule has 4 rings (SSSR count). The van der Waals surface area contributed by atoms with Gasteiger partial charge in [-0.05, 0) is 25.5 Å². The number of rotatable bonds is 4. The lowest BCUT2D eigenvalue weighted by atomic mass is 9.79. The van der Waals surface area contributed by atoms with E-state index in [9.17, 15) is 5.26 Å². The molecule has 0 spiro atoms. The summed E-state index contributed by atoms with van der Waals surface area (Å²) in [6, 6.07) is 18.1. The third-order valence-electron chi connectivity index (χ3n) is 5.00. The summed E-state index contributed by atoms with van der Waals surface area (Å²) in [6.07, 6.45) is 0. The van der Waals surface area contributed by atoms with Crippen molar-refractivity contribution < 1.29 is 9.47 Å². The molecule has 1 aliphatic heterocycles. The third-order valence-corrected chi connectivity index (χ3v) is 5.00. The minimum Gasteiger partial charge on any atom is -0.489 e. The van der Waals surface area contributed by atoms with E-state index in [0.717, 1.165) is 22.4 Å². The Hall–Kier alpha value is -3.59. The molecule has 0 saturated carbocycles. The predicted molar refractivity (Wildman–Crippen MR) is 105 cm³/mol. The van der Waals surface area contributed by atoms with Crippen LogP contribution in [0.3, 0.4) is 0 Å². The summed E-state index contributed by atoms with van der Waals surface area (Å²) >= 11 is 0. The van der Waals surface area contributed by atoms with Crippen LogP contribution in [0.15, 0.2) is 48.5 Å². The molecule has 1 aromatic heterocycles. The molecule has 6 heteroatoms. The lowest BCUT2D eigenvalue weighted by Crippen LogP contribution is -2.31. The normalized spacial score (nSPS) is 18.1. The number of H-pyrrole nitrogens is 1. The monoisotopic (exact) mass is 372 g/mol. The van der Waals surface area contributed by atoms with Crippen LogP contribution in [0.4, 0.5) is 0 Å². The minimum atomic E-state index is -0.743. The van der Waals surface area contributed by atoms with Gasteiger partial charge in [0, 0.05) is 22.7 Å². The predicted octanol–water partition coefficient (Wildman–Crippen LogP) is 4.25. The van der Waals surface area contributed by atoms with Crippen LogP contribution in [-0.2, 0) is 6.61 Å². The number of aromatic nitrogens is 2. The molecule has 0 bridgehead atoms. The topological polar surface area (TPSA) is 94.8 Å². The Morgan fingerprint density at radius 1 is 1.18 bits per heavy atom. The maximum absolute atomic E-state index is 9.73. The Morgan fingerprint density at radius 2 is 1.93 bits per heavy atom. The zero-order chi connectivity index (χ0) is 19.7. The number of ether oxygens (including phenoxy) is 2. The van der Waals surface area contributed by atoms with E-state index in [1.807, 2.05) is 50.2 Å². The van der Waals surface area contributed by atoms with Gasteiger partial charge in [-0.2, -0.15) is 5.26 Å². The highest BCUT2D eigenvalue weighted by Crippen LogP contribution is 2.45. The zero-order valence-corrected chi connectivity index (χ0v) is 15.7. The summed E-state index contributed by atoms with van der Waals surface area (Å²) in [5.74, 6) is -0.177. The Labute approximate surface area is 163 Å². The standard InChI is InChI=1S/C22H20N4O2/c1-13-7-9-15(10-8-13)12-27-18-6-4-3-5-16(18)20-17(11-23)21(24)28-22-19(20)14(2)25-26-22/h3-10,17,20,24H,12H2,1-2H3,(H,25,26). The third kappa shape index (κ3) is 3.12. The van der Waals surface area contributed by atoms with Crippen LogP contribution < -0.4 is 9.47 Å². The largest absolute Gasteiger partial charge is 0.489 e. The maximum Gasteiger partial charge on any atom is 0.243 e. The Balaban J connectivity index is 1.72. The fraction of sp³-hybridized carbons (Fsp3) is 0.227. The van der Waals surface area contributed by atoms with E-state index < -0.39 is 5.92 Å². The van der Waals surface area contributed by atoms with E-state index in [2.05, 4.69) is 28.4 Å². The Bertz CT molecular complexity index is 1060. The van der Waals surface area contributed by atoms with E-state index >= 15 is 0 Å². The summed E-state index contributed by atoms with van der Waals surface area (Å²) < 4.78 is 11.6. The highest BCUT2D eigenvalue weighted by Gasteiger charge is 2.41. The smallest absolute Gasteiger partial charge is 0.243 e. The van der Waals surface area contributed by atoms with Crippen LogP contribution in [0.25, 0.3) is 0 Å². The van der Waals surface area contributed by atoms with Gasteiger partial charge in [-0.25, -0.2) is 0 Å². The van der Waals surface area contributed by atoms with Gasteiger partial charge in [0.15, 0.2) is 0 Å². The van der Waals surface area contributed by atoms with E-state index in [-0.39, 0.29) is 11.8 Å². The first-order chi connectivity index (χ1) is 13.6. The van der Waals surface area contributed by atoms with Crippen LogP contribution in [0.1, 0.15) is 33.9 Å². The summed E-state index contributed by atoms with van der Waals surface area (Å²) in [5, 5.41) is 24.9. The van der Waals surface area contributed by atoms with E-state index in [0.29, 0.717) is 18.2 Å². The van der Waals surface area contributed by atoms with Crippen molar-refractivity contribution in [1.29, 1.82) is 10.7 Å². The molecule has 2 N–H and O–H groups in total. The number of nitriles is 1. The van der Waals surface area contributed by atoms with Crippen molar-refractivity contribution in [2.75, 3.05) is 0 Å². The molecule has 2 unspecified atom stereocenters. The number of fused-ring (bicyclic) bond motifs is 1. The summed E-state index contributed by atoms with van der Waals surface area (Å²) in [6.45, 7) is 4.36. The molecular weight excluding hydrogens is 352 g/mol. The fourth-order valence-electron chi connectivity index (χ4n) is 3.53. The Morgan fingerprint density at radius 3 is 2.68 bits per heavy atom. The number of hydrogen-bond acceptors (Lipinski definition) is 5. The molecule has 0 radical (unpaired) electrons. The molecule has 1 aliphatic rings. The molecule has 2 heterocycles. The molecule has 3 aromatic rings. The van der Waals surface area contributed by atoms with E-state index in [1.54, 1.807) is 0 Å². The highest BCUT2D eigenvalue weighted by atomic mass is 16.5. The van der Waals surface area contributed by atoms with Gasteiger partial charge >= 0.3 is 0 Å². The van der Waals surface area contributed by atoms with E-state index in [4.69, 9.17) is 14.9 Å². The molecule has 28 heavy (non-hydrogen) atoms.